The van der Waals surface area contributed by atoms with Gasteiger partial charge < -0.3 is 14.7 Å². The molecule has 1 N–H and O–H groups in total. The number of rotatable bonds is 1. The normalized spacial score (nSPS) is 23.5. The third-order valence-electron chi connectivity index (χ3n) is 5.25. The van der Waals surface area contributed by atoms with Crippen LogP contribution in [0.1, 0.15) is 36.2 Å². The van der Waals surface area contributed by atoms with Crippen molar-refractivity contribution in [1.82, 2.24) is 9.88 Å². The van der Waals surface area contributed by atoms with Crippen LogP contribution < -0.4 is 0 Å². The quantitative estimate of drug-likeness (QED) is 0.874. The van der Waals surface area contributed by atoms with Crippen molar-refractivity contribution in [3.05, 3.63) is 42.1 Å². The number of carbonyl (C=O) groups excluding carboxylic acids is 1. The van der Waals surface area contributed by atoms with E-state index in [9.17, 15) is 9.90 Å². The smallest absolute Gasteiger partial charge is 0.272 e. The van der Waals surface area contributed by atoms with Crippen molar-refractivity contribution >= 4 is 16.8 Å². The summed E-state index contributed by atoms with van der Waals surface area (Å²) in [5, 5.41) is 10.9. The van der Waals surface area contributed by atoms with E-state index in [2.05, 4.69) is 4.98 Å². The van der Waals surface area contributed by atoms with E-state index in [1.54, 1.807) is 6.07 Å². The van der Waals surface area contributed by atoms with Gasteiger partial charge in [0.05, 0.1) is 17.2 Å². The second-order valence-corrected chi connectivity index (χ2v) is 6.86. The molecule has 1 unspecified atom stereocenters. The van der Waals surface area contributed by atoms with Crippen molar-refractivity contribution in [1.29, 1.82) is 0 Å². The van der Waals surface area contributed by atoms with Gasteiger partial charge in [-0.2, -0.15) is 0 Å². The minimum atomic E-state index is -0.275. The number of piperidine rings is 1. The van der Waals surface area contributed by atoms with E-state index in [0.29, 0.717) is 38.2 Å². The van der Waals surface area contributed by atoms with Crippen LogP contribution in [0.5, 0.6) is 0 Å². The van der Waals surface area contributed by atoms with Crippen LogP contribution in [0.4, 0.5) is 0 Å². The number of nitrogens with zero attached hydrogens (tertiary/aromatic N) is 2. The van der Waals surface area contributed by atoms with Crippen LogP contribution in [0.25, 0.3) is 10.9 Å². The molecule has 0 bridgehead atoms. The first-order valence-electron chi connectivity index (χ1n) is 8.62. The van der Waals surface area contributed by atoms with Gasteiger partial charge in [0.1, 0.15) is 5.69 Å². The fourth-order valence-electron chi connectivity index (χ4n) is 3.81. The van der Waals surface area contributed by atoms with Gasteiger partial charge in [-0.3, -0.25) is 4.79 Å². The van der Waals surface area contributed by atoms with Gasteiger partial charge in [0.15, 0.2) is 0 Å². The number of fused-ring (bicyclic) bond motifs is 1. The zero-order chi connectivity index (χ0) is 16.6. The van der Waals surface area contributed by atoms with Crippen molar-refractivity contribution < 1.29 is 14.6 Å². The predicted molar refractivity (Wildman–Crippen MR) is 90.8 cm³/mol. The third-order valence-corrected chi connectivity index (χ3v) is 5.25. The highest BCUT2D eigenvalue weighted by Gasteiger charge is 2.40. The summed E-state index contributed by atoms with van der Waals surface area (Å²) < 4.78 is 5.95. The molecule has 1 aromatic heterocycles. The van der Waals surface area contributed by atoms with Crippen LogP contribution in [0.3, 0.4) is 0 Å². The molecule has 5 nitrogen and oxygen atoms in total. The fraction of sp³-hybridized carbons (Fsp3) is 0.474. The van der Waals surface area contributed by atoms with Crippen LogP contribution in [0.2, 0.25) is 0 Å². The highest BCUT2D eigenvalue weighted by Crippen LogP contribution is 2.35. The van der Waals surface area contributed by atoms with E-state index in [1.807, 2.05) is 35.2 Å². The highest BCUT2D eigenvalue weighted by atomic mass is 16.5. The van der Waals surface area contributed by atoms with Gasteiger partial charge in [-0.15, -0.1) is 0 Å². The van der Waals surface area contributed by atoms with E-state index in [1.165, 1.54) is 0 Å². The second-order valence-electron chi connectivity index (χ2n) is 6.86. The summed E-state index contributed by atoms with van der Waals surface area (Å²) in [6.45, 7) is 1.92. The maximum atomic E-state index is 12.8. The number of ether oxygens (including phenoxy) is 1. The van der Waals surface area contributed by atoms with Gasteiger partial charge >= 0.3 is 0 Å². The zero-order valence-corrected chi connectivity index (χ0v) is 13.6. The van der Waals surface area contributed by atoms with Crippen LogP contribution in [0, 0.1) is 0 Å². The van der Waals surface area contributed by atoms with E-state index in [4.69, 9.17) is 4.74 Å². The molecule has 3 heterocycles. The maximum absolute atomic E-state index is 12.8. The summed E-state index contributed by atoms with van der Waals surface area (Å²) in [5.41, 5.74) is 1.09. The van der Waals surface area contributed by atoms with Crippen molar-refractivity contribution in [2.75, 3.05) is 19.7 Å². The van der Waals surface area contributed by atoms with E-state index in [0.717, 1.165) is 23.7 Å². The number of para-hydroxylation sites is 1. The summed E-state index contributed by atoms with van der Waals surface area (Å²) in [6, 6.07) is 11.6. The molecule has 4 rings (SSSR count). The Hall–Kier alpha value is -1.98. The fourth-order valence-corrected chi connectivity index (χ4v) is 3.81. The van der Waals surface area contributed by atoms with Crippen LogP contribution in [-0.2, 0) is 4.74 Å². The monoisotopic (exact) mass is 326 g/mol. The minimum absolute atomic E-state index is 0.0213. The number of amides is 1. The number of hydrogen-bond donors (Lipinski definition) is 1. The number of carbonyl (C=O) groups is 1. The van der Waals surface area contributed by atoms with Crippen LogP contribution in [-0.4, -0.2) is 52.3 Å². The Morgan fingerprint density at radius 1 is 1.21 bits per heavy atom. The lowest BCUT2D eigenvalue weighted by molar-refractivity contribution is -0.139. The number of aliphatic hydroxyl groups excluding tert-OH is 1. The topological polar surface area (TPSA) is 62.7 Å². The number of benzene rings is 1. The summed E-state index contributed by atoms with van der Waals surface area (Å²) >= 11 is 0. The summed E-state index contributed by atoms with van der Waals surface area (Å²) in [7, 11) is 0. The third kappa shape index (κ3) is 2.89. The lowest BCUT2D eigenvalue weighted by Crippen LogP contribution is -2.51. The Labute approximate surface area is 141 Å². The Kier molecular flexibility index (Phi) is 3.98. The van der Waals surface area contributed by atoms with Crippen molar-refractivity contribution in [3.63, 3.8) is 0 Å². The molecule has 2 aromatic rings. The van der Waals surface area contributed by atoms with Gasteiger partial charge in [-0.25, -0.2) is 4.98 Å². The zero-order valence-electron chi connectivity index (χ0n) is 13.6. The summed E-state index contributed by atoms with van der Waals surface area (Å²) in [4.78, 5) is 19.1. The van der Waals surface area contributed by atoms with E-state index >= 15 is 0 Å². The van der Waals surface area contributed by atoms with Gasteiger partial charge in [0.25, 0.3) is 5.91 Å². The SMILES string of the molecule is O=C(c1ccc2ccccc2n1)N1CCC2(CC1)CC(O)CCO2. The Morgan fingerprint density at radius 3 is 2.79 bits per heavy atom. The molecular weight excluding hydrogens is 304 g/mol. The second kappa shape index (κ2) is 6.15. The standard InChI is InChI=1S/C19H22N2O3/c22-15-7-12-24-19(13-15)8-10-21(11-9-19)18(23)17-6-5-14-3-1-2-4-16(14)20-17/h1-6,15,22H,7-13H2. The number of pyridine rings is 1. The number of hydrogen-bond acceptors (Lipinski definition) is 4. The minimum Gasteiger partial charge on any atom is -0.393 e. The largest absolute Gasteiger partial charge is 0.393 e. The van der Waals surface area contributed by atoms with Gasteiger partial charge in [-0.1, -0.05) is 24.3 Å². The lowest BCUT2D eigenvalue weighted by Gasteiger charge is -2.45. The van der Waals surface area contributed by atoms with E-state index < -0.39 is 0 Å². The molecule has 1 aromatic carbocycles. The molecule has 2 saturated heterocycles. The molecule has 0 radical (unpaired) electrons. The first-order chi connectivity index (χ1) is 11.7. The van der Waals surface area contributed by atoms with Gasteiger partial charge in [0.2, 0.25) is 0 Å². The molecule has 2 aliphatic rings. The summed E-state index contributed by atoms with van der Waals surface area (Å²) in [5.74, 6) is -0.0213. The molecule has 1 spiro atoms. The Bertz CT molecular complexity index is 753. The van der Waals surface area contributed by atoms with Crippen molar-refractivity contribution in [2.24, 2.45) is 0 Å². The molecular formula is C19H22N2O3. The molecule has 2 aliphatic heterocycles. The average Bonchev–Trinajstić information content (AvgIpc) is 2.61. The Morgan fingerprint density at radius 2 is 2.00 bits per heavy atom. The predicted octanol–water partition coefficient (Wildman–Crippen LogP) is 2.38. The molecule has 1 atom stereocenters. The van der Waals surface area contributed by atoms with Crippen molar-refractivity contribution in [2.45, 2.75) is 37.4 Å². The lowest BCUT2D eigenvalue weighted by atomic mass is 9.83. The number of aromatic nitrogens is 1. The molecule has 1 amide bonds. The average molecular weight is 326 g/mol. The molecule has 2 fully saturated rings. The van der Waals surface area contributed by atoms with Crippen LogP contribution in [0.15, 0.2) is 36.4 Å². The van der Waals surface area contributed by atoms with Gasteiger partial charge in [-0.05, 0) is 31.4 Å². The molecule has 0 aliphatic carbocycles. The summed E-state index contributed by atoms with van der Waals surface area (Å²) in [6.07, 6.45) is 2.68. The van der Waals surface area contributed by atoms with E-state index in [-0.39, 0.29) is 17.6 Å². The maximum Gasteiger partial charge on any atom is 0.272 e. The Balaban J connectivity index is 1.47. The van der Waals surface area contributed by atoms with Gasteiger partial charge in [0, 0.05) is 31.5 Å². The molecule has 5 heteroatoms. The highest BCUT2D eigenvalue weighted by molar-refractivity contribution is 5.95. The first kappa shape index (κ1) is 15.5. The van der Waals surface area contributed by atoms with Crippen molar-refractivity contribution in [3.8, 4) is 0 Å². The molecule has 0 saturated carbocycles. The van der Waals surface area contributed by atoms with Crippen LogP contribution >= 0.6 is 0 Å². The molecule has 24 heavy (non-hydrogen) atoms. The first-order valence-corrected chi connectivity index (χ1v) is 8.62. The number of likely N-dealkylation sites (tertiary alicyclic amines) is 1. The number of aliphatic hydroxyl groups is 1. The molecule has 126 valence electrons.